The first-order chi connectivity index (χ1) is 10.2. The van der Waals surface area contributed by atoms with E-state index in [2.05, 4.69) is 10.2 Å². The maximum atomic E-state index is 12.1. The van der Waals surface area contributed by atoms with E-state index in [1.54, 1.807) is 18.2 Å². The van der Waals surface area contributed by atoms with Gasteiger partial charge in [-0.05, 0) is 31.0 Å². The molecule has 3 rings (SSSR count). The number of aromatic nitrogens is 2. The summed E-state index contributed by atoms with van der Waals surface area (Å²) in [5.41, 5.74) is 0.537. The van der Waals surface area contributed by atoms with Gasteiger partial charge in [0.15, 0.2) is 5.78 Å². The fourth-order valence-corrected chi connectivity index (χ4v) is 2.75. The molecule has 0 unspecified atom stereocenters. The fraction of sp³-hybridized carbons (Fsp3) is 0.357. The highest BCUT2D eigenvalue weighted by Gasteiger charge is 2.29. The van der Waals surface area contributed by atoms with E-state index in [9.17, 15) is 4.79 Å². The molecule has 0 radical (unpaired) electrons. The molecule has 110 valence electrons. The third-order valence-corrected chi connectivity index (χ3v) is 4.26. The van der Waals surface area contributed by atoms with Gasteiger partial charge in [-0.1, -0.05) is 23.4 Å². The number of thioether (sulfide) groups is 1. The molecular formula is C14H13ClN2O3S. The Morgan fingerprint density at radius 1 is 1.48 bits per heavy atom. The van der Waals surface area contributed by atoms with E-state index >= 15 is 0 Å². The Morgan fingerprint density at radius 3 is 2.95 bits per heavy atom. The molecule has 0 aliphatic heterocycles. The Morgan fingerprint density at radius 2 is 2.29 bits per heavy atom. The number of ether oxygens (including phenoxy) is 1. The topological polar surface area (TPSA) is 65.2 Å². The lowest BCUT2D eigenvalue weighted by molar-refractivity contribution is 0.102. The van der Waals surface area contributed by atoms with Crippen molar-refractivity contribution in [2.75, 3.05) is 12.9 Å². The maximum Gasteiger partial charge on any atom is 0.277 e. The number of halogens is 1. The minimum absolute atomic E-state index is 0.0456. The predicted molar refractivity (Wildman–Crippen MR) is 79.3 cm³/mol. The zero-order valence-electron chi connectivity index (χ0n) is 11.3. The number of methoxy groups -OCH3 is 1. The molecule has 0 saturated heterocycles. The number of carbonyl (C=O) groups is 1. The van der Waals surface area contributed by atoms with Crippen LogP contribution in [0.4, 0.5) is 0 Å². The van der Waals surface area contributed by atoms with Gasteiger partial charge in [0.05, 0.1) is 17.9 Å². The van der Waals surface area contributed by atoms with Crippen molar-refractivity contribution in [2.24, 2.45) is 0 Å². The van der Waals surface area contributed by atoms with Crippen LogP contribution in [0.25, 0.3) is 0 Å². The Kier molecular flexibility index (Phi) is 4.17. The number of carbonyl (C=O) groups excluding carboxylic acids is 1. The van der Waals surface area contributed by atoms with Crippen LogP contribution >= 0.6 is 23.4 Å². The van der Waals surface area contributed by atoms with Crippen LogP contribution in [0.5, 0.6) is 5.75 Å². The van der Waals surface area contributed by atoms with Crippen molar-refractivity contribution in [3.8, 4) is 5.75 Å². The molecule has 0 amide bonds. The van der Waals surface area contributed by atoms with Gasteiger partial charge < -0.3 is 9.15 Å². The molecule has 2 aromatic rings. The van der Waals surface area contributed by atoms with Crippen LogP contribution in [0.1, 0.15) is 35.0 Å². The molecule has 1 heterocycles. The molecule has 1 saturated carbocycles. The molecule has 1 aromatic carbocycles. The summed E-state index contributed by atoms with van der Waals surface area (Å²) < 4.78 is 10.6. The zero-order chi connectivity index (χ0) is 14.8. The van der Waals surface area contributed by atoms with Gasteiger partial charge in [0.2, 0.25) is 5.89 Å². The number of benzene rings is 1. The number of ketones is 1. The van der Waals surface area contributed by atoms with E-state index in [0.717, 1.165) is 12.8 Å². The third-order valence-electron chi connectivity index (χ3n) is 3.15. The van der Waals surface area contributed by atoms with Gasteiger partial charge in [-0.25, -0.2) is 0 Å². The predicted octanol–water partition coefficient (Wildman–Crippen LogP) is 3.58. The number of nitrogens with zero attached hydrogens (tertiary/aromatic N) is 2. The largest absolute Gasteiger partial charge is 0.495 e. The van der Waals surface area contributed by atoms with Crippen LogP contribution in [-0.2, 0) is 0 Å². The van der Waals surface area contributed by atoms with E-state index < -0.39 is 0 Å². The molecule has 0 bridgehead atoms. The first-order valence-electron chi connectivity index (χ1n) is 6.50. The minimum Gasteiger partial charge on any atom is -0.495 e. The zero-order valence-corrected chi connectivity index (χ0v) is 12.9. The van der Waals surface area contributed by atoms with Crippen LogP contribution in [0, 0.1) is 0 Å². The first-order valence-corrected chi connectivity index (χ1v) is 7.86. The van der Waals surface area contributed by atoms with Crippen molar-refractivity contribution in [2.45, 2.75) is 24.0 Å². The first kappa shape index (κ1) is 14.4. The lowest BCUT2D eigenvalue weighted by Crippen LogP contribution is -2.02. The standard InChI is InChI=1S/C14H13ClN2O3S/c1-19-12-5-4-9(6-10(12)15)11(18)7-21-14-17-16-13(20-14)8-2-3-8/h4-6,8H,2-3,7H2,1H3. The Hall–Kier alpha value is -1.53. The number of hydrogen-bond acceptors (Lipinski definition) is 6. The number of hydrogen-bond donors (Lipinski definition) is 0. The highest BCUT2D eigenvalue weighted by Crippen LogP contribution is 2.39. The normalized spacial score (nSPS) is 14.2. The molecule has 1 fully saturated rings. The summed E-state index contributed by atoms with van der Waals surface area (Å²) in [7, 11) is 1.53. The van der Waals surface area contributed by atoms with Crippen molar-refractivity contribution < 1.29 is 13.9 Å². The van der Waals surface area contributed by atoms with Crippen molar-refractivity contribution in [1.29, 1.82) is 0 Å². The van der Waals surface area contributed by atoms with Crippen molar-refractivity contribution in [3.05, 3.63) is 34.7 Å². The average molecular weight is 325 g/mol. The molecule has 0 N–H and O–H groups in total. The van der Waals surface area contributed by atoms with Crippen LogP contribution in [0.3, 0.4) is 0 Å². The summed E-state index contributed by atoms with van der Waals surface area (Å²) in [5, 5.41) is 8.77. The van der Waals surface area contributed by atoms with Crippen LogP contribution in [-0.4, -0.2) is 28.8 Å². The smallest absolute Gasteiger partial charge is 0.277 e. The van der Waals surface area contributed by atoms with Crippen LogP contribution < -0.4 is 4.74 Å². The molecule has 7 heteroatoms. The Balaban J connectivity index is 1.61. The Bertz CT molecular complexity index is 670. The van der Waals surface area contributed by atoms with E-state index in [0.29, 0.717) is 33.4 Å². The summed E-state index contributed by atoms with van der Waals surface area (Å²) in [6, 6.07) is 4.97. The second-order valence-electron chi connectivity index (χ2n) is 4.74. The van der Waals surface area contributed by atoms with Crippen LogP contribution in [0.15, 0.2) is 27.8 Å². The summed E-state index contributed by atoms with van der Waals surface area (Å²) >= 11 is 7.25. The monoisotopic (exact) mass is 324 g/mol. The lowest BCUT2D eigenvalue weighted by atomic mass is 10.1. The molecule has 1 aromatic heterocycles. The molecule has 0 atom stereocenters. The van der Waals surface area contributed by atoms with E-state index in [1.807, 2.05) is 0 Å². The molecule has 1 aliphatic rings. The Labute approximate surface area is 131 Å². The highest BCUT2D eigenvalue weighted by molar-refractivity contribution is 7.99. The van der Waals surface area contributed by atoms with Gasteiger partial charge in [-0.3, -0.25) is 4.79 Å². The molecule has 1 aliphatic carbocycles. The molecule has 5 nitrogen and oxygen atoms in total. The van der Waals surface area contributed by atoms with Crippen molar-refractivity contribution in [3.63, 3.8) is 0 Å². The number of rotatable bonds is 6. The number of Topliss-reactive ketones (excluding diaryl/α,β-unsaturated/α-hetero) is 1. The quantitative estimate of drug-likeness (QED) is 0.597. The second-order valence-corrected chi connectivity index (χ2v) is 6.08. The summed E-state index contributed by atoms with van der Waals surface area (Å²) in [5.74, 6) is 1.83. The lowest BCUT2D eigenvalue weighted by Gasteiger charge is -2.04. The van der Waals surface area contributed by atoms with E-state index in [4.69, 9.17) is 20.8 Å². The summed E-state index contributed by atoms with van der Waals surface area (Å²) in [6.45, 7) is 0. The van der Waals surface area contributed by atoms with Gasteiger partial charge in [0, 0.05) is 11.5 Å². The molecule has 0 spiro atoms. The summed E-state index contributed by atoms with van der Waals surface area (Å²) in [6.07, 6.45) is 2.21. The minimum atomic E-state index is -0.0456. The van der Waals surface area contributed by atoms with Gasteiger partial charge in [-0.15, -0.1) is 10.2 Å². The van der Waals surface area contributed by atoms with Crippen molar-refractivity contribution >= 4 is 29.1 Å². The fourth-order valence-electron chi connectivity index (χ4n) is 1.82. The third kappa shape index (κ3) is 3.39. The highest BCUT2D eigenvalue weighted by atomic mass is 35.5. The second kappa shape index (κ2) is 6.07. The van der Waals surface area contributed by atoms with E-state index in [-0.39, 0.29) is 11.5 Å². The van der Waals surface area contributed by atoms with Gasteiger partial charge in [-0.2, -0.15) is 0 Å². The van der Waals surface area contributed by atoms with Gasteiger partial charge in [0.25, 0.3) is 5.22 Å². The van der Waals surface area contributed by atoms with E-state index in [1.165, 1.54) is 18.9 Å². The van der Waals surface area contributed by atoms with Gasteiger partial charge >= 0.3 is 0 Å². The van der Waals surface area contributed by atoms with Crippen LogP contribution in [0.2, 0.25) is 5.02 Å². The van der Waals surface area contributed by atoms with Crippen molar-refractivity contribution in [1.82, 2.24) is 10.2 Å². The summed E-state index contributed by atoms with van der Waals surface area (Å²) in [4.78, 5) is 12.1. The molecule has 21 heavy (non-hydrogen) atoms. The maximum absolute atomic E-state index is 12.1. The van der Waals surface area contributed by atoms with Gasteiger partial charge in [0.1, 0.15) is 5.75 Å². The SMILES string of the molecule is COc1ccc(C(=O)CSc2nnc(C3CC3)o2)cc1Cl. The molecular weight excluding hydrogens is 312 g/mol. The average Bonchev–Trinajstić information content (AvgIpc) is 3.23.